The zero-order valence-electron chi connectivity index (χ0n) is 8.62. The Morgan fingerprint density at radius 1 is 1.46 bits per heavy atom. The van der Waals surface area contributed by atoms with E-state index in [0.717, 1.165) is 31.0 Å². The van der Waals surface area contributed by atoms with Gasteiger partial charge in [0.25, 0.3) is 0 Å². The van der Waals surface area contributed by atoms with Gasteiger partial charge in [-0.25, -0.2) is 0 Å². The summed E-state index contributed by atoms with van der Waals surface area (Å²) in [7, 11) is 1.99. The van der Waals surface area contributed by atoms with E-state index in [0.29, 0.717) is 5.92 Å². The number of aromatic nitrogens is 3. The van der Waals surface area contributed by atoms with Crippen molar-refractivity contribution in [2.45, 2.75) is 26.7 Å². The van der Waals surface area contributed by atoms with E-state index in [2.05, 4.69) is 17.1 Å². The fourth-order valence-corrected chi connectivity index (χ4v) is 1.28. The zero-order valence-corrected chi connectivity index (χ0v) is 8.62. The first-order valence-corrected chi connectivity index (χ1v) is 4.74. The summed E-state index contributed by atoms with van der Waals surface area (Å²) in [5, 5.41) is 8.12. The Hall–Kier alpha value is -0.900. The summed E-state index contributed by atoms with van der Waals surface area (Å²) in [5.41, 5.74) is 5.63. The molecule has 1 rings (SSSR count). The lowest BCUT2D eigenvalue weighted by atomic mass is 10.0. The molecule has 0 aliphatic rings. The molecule has 74 valence electrons. The molecule has 0 aliphatic carbocycles. The Labute approximate surface area is 79.2 Å². The molecule has 4 heteroatoms. The summed E-state index contributed by atoms with van der Waals surface area (Å²) in [6.45, 7) is 4.84. The Bertz CT molecular complexity index is 263. The topological polar surface area (TPSA) is 56.7 Å². The first kappa shape index (κ1) is 10.2. The van der Waals surface area contributed by atoms with Gasteiger partial charge in [-0.3, -0.25) is 0 Å². The monoisotopic (exact) mass is 182 g/mol. The minimum atomic E-state index is 0.530. The largest absolute Gasteiger partial charge is 0.330 e. The van der Waals surface area contributed by atoms with Crippen molar-refractivity contribution in [2.24, 2.45) is 18.7 Å². The predicted molar refractivity (Wildman–Crippen MR) is 52.3 cm³/mol. The average Bonchev–Trinajstić information content (AvgIpc) is 2.45. The van der Waals surface area contributed by atoms with Crippen molar-refractivity contribution in [2.75, 3.05) is 6.54 Å². The highest BCUT2D eigenvalue weighted by Crippen LogP contribution is 2.09. The molecule has 0 amide bonds. The van der Waals surface area contributed by atoms with E-state index < -0.39 is 0 Å². The highest BCUT2D eigenvalue weighted by Gasteiger charge is 2.10. The summed E-state index contributed by atoms with van der Waals surface area (Å²) in [6, 6.07) is 0. The van der Waals surface area contributed by atoms with Crippen molar-refractivity contribution in [3.63, 3.8) is 0 Å². The summed E-state index contributed by atoms with van der Waals surface area (Å²) in [5.74, 6) is 2.53. The van der Waals surface area contributed by atoms with Gasteiger partial charge >= 0.3 is 0 Å². The van der Waals surface area contributed by atoms with Crippen LogP contribution in [-0.4, -0.2) is 21.3 Å². The fourth-order valence-electron chi connectivity index (χ4n) is 1.28. The Morgan fingerprint density at radius 3 is 2.54 bits per heavy atom. The number of rotatable bonds is 4. The molecule has 1 heterocycles. The van der Waals surface area contributed by atoms with Crippen LogP contribution in [0.4, 0.5) is 0 Å². The van der Waals surface area contributed by atoms with Gasteiger partial charge in [-0.1, -0.05) is 13.3 Å². The standard InChI is InChI=1S/C9H18N4/c1-4-8(6-10)5-9-12-11-7(2)13(9)3/h8H,4-6,10H2,1-3H3. The van der Waals surface area contributed by atoms with Crippen molar-refractivity contribution >= 4 is 0 Å². The van der Waals surface area contributed by atoms with E-state index in [1.807, 2.05) is 18.5 Å². The minimum Gasteiger partial charge on any atom is -0.330 e. The fraction of sp³-hybridized carbons (Fsp3) is 0.778. The van der Waals surface area contributed by atoms with Gasteiger partial charge in [-0.05, 0) is 19.4 Å². The Kier molecular flexibility index (Phi) is 3.42. The molecule has 0 saturated carbocycles. The highest BCUT2D eigenvalue weighted by atomic mass is 15.3. The Morgan fingerprint density at radius 2 is 2.15 bits per heavy atom. The summed E-state index contributed by atoms with van der Waals surface area (Å²) >= 11 is 0. The molecule has 0 aliphatic heterocycles. The number of hydrogen-bond acceptors (Lipinski definition) is 3. The van der Waals surface area contributed by atoms with E-state index in [-0.39, 0.29) is 0 Å². The second-order valence-electron chi connectivity index (χ2n) is 3.44. The van der Waals surface area contributed by atoms with Crippen LogP contribution in [0, 0.1) is 12.8 Å². The smallest absolute Gasteiger partial charge is 0.133 e. The molecular formula is C9H18N4. The minimum absolute atomic E-state index is 0.530. The third-order valence-electron chi connectivity index (χ3n) is 2.56. The molecular weight excluding hydrogens is 164 g/mol. The zero-order chi connectivity index (χ0) is 9.84. The number of nitrogens with zero attached hydrogens (tertiary/aromatic N) is 3. The third-order valence-corrected chi connectivity index (χ3v) is 2.56. The molecule has 2 N–H and O–H groups in total. The van der Waals surface area contributed by atoms with Crippen LogP contribution in [0.25, 0.3) is 0 Å². The first-order chi connectivity index (χ1) is 6.19. The molecule has 1 unspecified atom stereocenters. The quantitative estimate of drug-likeness (QED) is 0.744. The predicted octanol–water partition coefficient (Wildman–Crippen LogP) is 0.651. The van der Waals surface area contributed by atoms with Crippen LogP contribution < -0.4 is 5.73 Å². The van der Waals surface area contributed by atoms with Crippen LogP contribution in [0.5, 0.6) is 0 Å². The second-order valence-corrected chi connectivity index (χ2v) is 3.44. The van der Waals surface area contributed by atoms with Gasteiger partial charge in [-0.2, -0.15) is 0 Å². The molecule has 0 fully saturated rings. The van der Waals surface area contributed by atoms with Gasteiger partial charge in [0, 0.05) is 13.5 Å². The molecule has 0 aromatic carbocycles. The highest BCUT2D eigenvalue weighted by molar-refractivity contribution is 4.93. The number of nitrogens with two attached hydrogens (primary N) is 1. The van der Waals surface area contributed by atoms with Crippen LogP contribution in [0.15, 0.2) is 0 Å². The van der Waals surface area contributed by atoms with Gasteiger partial charge in [0.05, 0.1) is 0 Å². The lowest BCUT2D eigenvalue weighted by Gasteiger charge is -2.10. The molecule has 0 bridgehead atoms. The molecule has 1 atom stereocenters. The summed E-state index contributed by atoms with van der Waals surface area (Å²) in [6.07, 6.45) is 2.03. The van der Waals surface area contributed by atoms with Crippen LogP contribution in [-0.2, 0) is 13.5 Å². The van der Waals surface area contributed by atoms with Crippen molar-refractivity contribution in [1.29, 1.82) is 0 Å². The molecule has 13 heavy (non-hydrogen) atoms. The molecule has 1 aromatic heterocycles. The lowest BCUT2D eigenvalue weighted by Crippen LogP contribution is -2.17. The van der Waals surface area contributed by atoms with Gasteiger partial charge in [-0.15, -0.1) is 10.2 Å². The van der Waals surface area contributed by atoms with E-state index in [1.165, 1.54) is 0 Å². The van der Waals surface area contributed by atoms with E-state index in [1.54, 1.807) is 0 Å². The number of aryl methyl sites for hydroxylation is 1. The van der Waals surface area contributed by atoms with E-state index >= 15 is 0 Å². The van der Waals surface area contributed by atoms with Gasteiger partial charge < -0.3 is 10.3 Å². The summed E-state index contributed by atoms with van der Waals surface area (Å²) in [4.78, 5) is 0. The third kappa shape index (κ3) is 2.28. The van der Waals surface area contributed by atoms with Gasteiger partial charge in [0.1, 0.15) is 11.6 Å². The van der Waals surface area contributed by atoms with Crippen LogP contribution >= 0.6 is 0 Å². The molecule has 0 saturated heterocycles. The first-order valence-electron chi connectivity index (χ1n) is 4.74. The van der Waals surface area contributed by atoms with Crippen molar-refractivity contribution in [1.82, 2.24) is 14.8 Å². The van der Waals surface area contributed by atoms with Gasteiger partial charge in [0.2, 0.25) is 0 Å². The van der Waals surface area contributed by atoms with E-state index in [9.17, 15) is 0 Å². The Balaban J connectivity index is 2.67. The molecule has 4 nitrogen and oxygen atoms in total. The normalized spacial score (nSPS) is 13.2. The van der Waals surface area contributed by atoms with Crippen molar-refractivity contribution < 1.29 is 0 Å². The van der Waals surface area contributed by atoms with Gasteiger partial charge in [0.15, 0.2) is 0 Å². The maximum atomic E-state index is 5.63. The number of hydrogen-bond donors (Lipinski definition) is 1. The van der Waals surface area contributed by atoms with Crippen LogP contribution in [0.2, 0.25) is 0 Å². The van der Waals surface area contributed by atoms with E-state index in [4.69, 9.17) is 5.73 Å². The van der Waals surface area contributed by atoms with Crippen LogP contribution in [0.1, 0.15) is 25.0 Å². The average molecular weight is 182 g/mol. The SMILES string of the molecule is CCC(CN)Cc1nnc(C)n1C. The maximum absolute atomic E-state index is 5.63. The van der Waals surface area contributed by atoms with Crippen molar-refractivity contribution in [3.8, 4) is 0 Å². The summed E-state index contributed by atoms with van der Waals surface area (Å²) < 4.78 is 2.03. The second kappa shape index (κ2) is 4.37. The molecule has 1 aromatic rings. The van der Waals surface area contributed by atoms with Crippen LogP contribution in [0.3, 0.4) is 0 Å². The lowest BCUT2D eigenvalue weighted by molar-refractivity contribution is 0.496. The maximum Gasteiger partial charge on any atom is 0.133 e. The molecule has 0 spiro atoms. The molecule has 0 radical (unpaired) electrons. The van der Waals surface area contributed by atoms with Crippen molar-refractivity contribution in [3.05, 3.63) is 11.6 Å².